The number of ether oxygens (including phenoxy) is 2. The second-order valence-electron chi connectivity index (χ2n) is 9.85. The average Bonchev–Trinajstić information content (AvgIpc) is 2.78. The summed E-state index contributed by atoms with van der Waals surface area (Å²) in [7, 11) is 3.30. The molecule has 0 spiro atoms. The standard InChI is InChI=1S/C24H32O3/c1-22(2,3)18-12-17-19-15(20(18)23(4,5)6)10-9-11-16(19)21(25)24(17,13-26-7)14-27-8/h9-12H,13-14H2,1-8H3. The SMILES string of the molecule is COCC1(COC)C(=O)c2cccc3c(C(C)(C)C)c(C(C)(C)C)cc1c23. The lowest BCUT2D eigenvalue weighted by Gasteiger charge is -2.34. The van der Waals surface area contributed by atoms with Gasteiger partial charge in [-0.3, -0.25) is 4.79 Å². The summed E-state index contributed by atoms with van der Waals surface area (Å²) in [6.45, 7) is 14.1. The van der Waals surface area contributed by atoms with Crippen molar-refractivity contribution in [2.24, 2.45) is 0 Å². The predicted molar refractivity (Wildman–Crippen MR) is 111 cm³/mol. The highest BCUT2D eigenvalue weighted by Crippen LogP contribution is 2.49. The highest BCUT2D eigenvalue weighted by Gasteiger charge is 2.49. The summed E-state index contributed by atoms with van der Waals surface area (Å²) in [5.41, 5.74) is 3.62. The molecule has 3 nitrogen and oxygen atoms in total. The summed E-state index contributed by atoms with van der Waals surface area (Å²) in [4.78, 5) is 13.5. The molecule has 146 valence electrons. The van der Waals surface area contributed by atoms with E-state index in [0.717, 1.165) is 16.5 Å². The van der Waals surface area contributed by atoms with Crippen LogP contribution in [0.1, 0.15) is 68.6 Å². The van der Waals surface area contributed by atoms with Crippen LogP contribution in [0.3, 0.4) is 0 Å². The zero-order chi connectivity index (χ0) is 20.2. The summed E-state index contributed by atoms with van der Waals surface area (Å²) in [6, 6.07) is 8.39. The number of benzene rings is 2. The van der Waals surface area contributed by atoms with Crippen molar-refractivity contribution < 1.29 is 14.3 Å². The molecular weight excluding hydrogens is 336 g/mol. The molecule has 0 aliphatic heterocycles. The van der Waals surface area contributed by atoms with E-state index >= 15 is 0 Å². The van der Waals surface area contributed by atoms with Crippen molar-refractivity contribution >= 4 is 16.6 Å². The van der Waals surface area contributed by atoms with Crippen molar-refractivity contribution in [3.8, 4) is 0 Å². The third-order valence-corrected chi connectivity index (χ3v) is 5.70. The van der Waals surface area contributed by atoms with Gasteiger partial charge >= 0.3 is 0 Å². The molecule has 27 heavy (non-hydrogen) atoms. The first-order chi connectivity index (χ1) is 12.5. The zero-order valence-corrected chi connectivity index (χ0v) is 17.9. The van der Waals surface area contributed by atoms with E-state index in [1.54, 1.807) is 14.2 Å². The van der Waals surface area contributed by atoms with Crippen LogP contribution in [0.2, 0.25) is 0 Å². The van der Waals surface area contributed by atoms with Crippen LogP contribution in [0.25, 0.3) is 10.8 Å². The molecule has 1 aliphatic rings. The van der Waals surface area contributed by atoms with Gasteiger partial charge in [-0.15, -0.1) is 0 Å². The van der Waals surface area contributed by atoms with Gasteiger partial charge in [-0.2, -0.15) is 0 Å². The number of carbonyl (C=O) groups is 1. The minimum absolute atomic E-state index is 0.0312. The Kier molecular flexibility index (Phi) is 4.77. The van der Waals surface area contributed by atoms with E-state index in [2.05, 4.69) is 53.7 Å². The van der Waals surface area contributed by atoms with Gasteiger partial charge in [-0.25, -0.2) is 0 Å². The van der Waals surface area contributed by atoms with Gasteiger partial charge in [0.25, 0.3) is 0 Å². The smallest absolute Gasteiger partial charge is 0.178 e. The zero-order valence-electron chi connectivity index (χ0n) is 17.9. The molecule has 0 radical (unpaired) electrons. The van der Waals surface area contributed by atoms with Crippen LogP contribution in [0.15, 0.2) is 24.3 Å². The van der Waals surface area contributed by atoms with Crippen molar-refractivity contribution in [1.29, 1.82) is 0 Å². The lowest BCUT2D eigenvalue weighted by molar-refractivity contribution is 0.0482. The van der Waals surface area contributed by atoms with Gasteiger partial charge in [0.15, 0.2) is 5.78 Å². The van der Waals surface area contributed by atoms with Crippen molar-refractivity contribution in [2.75, 3.05) is 27.4 Å². The van der Waals surface area contributed by atoms with Gasteiger partial charge in [-0.1, -0.05) is 65.8 Å². The lowest BCUT2D eigenvalue weighted by Crippen LogP contribution is -2.41. The lowest BCUT2D eigenvalue weighted by atomic mass is 9.70. The molecule has 3 rings (SSSR count). The van der Waals surface area contributed by atoms with E-state index in [-0.39, 0.29) is 16.6 Å². The number of hydrogen-bond donors (Lipinski definition) is 0. The van der Waals surface area contributed by atoms with Gasteiger partial charge in [-0.05, 0) is 38.3 Å². The van der Waals surface area contributed by atoms with Crippen LogP contribution in [0.5, 0.6) is 0 Å². The minimum atomic E-state index is -0.776. The van der Waals surface area contributed by atoms with E-state index in [9.17, 15) is 4.79 Å². The van der Waals surface area contributed by atoms with Crippen LogP contribution >= 0.6 is 0 Å². The number of Topliss-reactive ketones (excluding diaryl/α,β-unsaturated/α-hetero) is 1. The quantitative estimate of drug-likeness (QED) is 0.747. The first-order valence-electron chi connectivity index (χ1n) is 9.63. The summed E-state index contributed by atoms with van der Waals surface area (Å²) < 4.78 is 11.1. The van der Waals surface area contributed by atoms with E-state index < -0.39 is 5.41 Å². The minimum Gasteiger partial charge on any atom is -0.383 e. The number of ketones is 1. The van der Waals surface area contributed by atoms with Crippen molar-refractivity contribution in [2.45, 2.75) is 57.8 Å². The highest BCUT2D eigenvalue weighted by molar-refractivity contribution is 6.21. The van der Waals surface area contributed by atoms with E-state index in [1.807, 2.05) is 12.1 Å². The molecule has 0 saturated heterocycles. The van der Waals surface area contributed by atoms with Gasteiger partial charge < -0.3 is 9.47 Å². The monoisotopic (exact) mass is 368 g/mol. The summed E-state index contributed by atoms with van der Waals surface area (Å²) in [6.07, 6.45) is 0. The molecule has 0 unspecified atom stereocenters. The van der Waals surface area contributed by atoms with Crippen molar-refractivity contribution in [1.82, 2.24) is 0 Å². The first-order valence-corrected chi connectivity index (χ1v) is 9.63. The number of methoxy groups -OCH3 is 2. The Morgan fingerprint density at radius 2 is 1.52 bits per heavy atom. The van der Waals surface area contributed by atoms with Crippen LogP contribution in [0, 0.1) is 0 Å². The van der Waals surface area contributed by atoms with Gasteiger partial charge in [0.05, 0.1) is 13.2 Å². The second-order valence-corrected chi connectivity index (χ2v) is 9.85. The van der Waals surface area contributed by atoms with Crippen molar-refractivity contribution in [3.63, 3.8) is 0 Å². The third-order valence-electron chi connectivity index (χ3n) is 5.70. The molecule has 0 saturated carbocycles. The van der Waals surface area contributed by atoms with Crippen LogP contribution in [-0.4, -0.2) is 33.2 Å². The van der Waals surface area contributed by atoms with Crippen LogP contribution in [0.4, 0.5) is 0 Å². The van der Waals surface area contributed by atoms with Crippen LogP contribution in [-0.2, 0) is 25.7 Å². The fourth-order valence-electron chi connectivity index (χ4n) is 4.65. The largest absolute Gasteiger partial charge is 0.383 e. The molecule has 2 aromatic carbocycles. The summed E-state index contributed by atoms with van der Waals surface area (Å²) >= 11 is 0. The Bertz CT molecular complexity index is 888. The molecule has 0 heterocycles. The Hall–Kier alpha value is -1.71. The van der Waals surface area contributed by atoms with Crippen LogP contribution < -0.4 is 0 Å². The maximum atomic E-state index is 13.5. The molecule has 0 atom stereocenters. The van der Waals surface area contributed by atoms with E-state index in [4.69, 9.17) is 9.47 Å². The van der Waals surface area contributed by atoms with Gasteiger partial charge in [0, 0.05) is 19.8 Å². The van der Waals surface area contributed by atoms with Crippen molar-refractivity contribution in [3.05, 3.63) is 46.5 Å². The Morgan fingerprint density at radius 3 is 2.00 bits per heavy atom. The summed E-state index contributed by atoms with van der Waals surface area (Å²) in [5, 5.41) is 2.26. The number of rotatable bonds is 4. The van der Waals surface area contributed by atoms with E-state index in [1.165, 1.54) is 16.5 Å². The second kappa shape index (κ2) is 6.42. The molecule has 0 amide bonds. The normalized spacial score (nSPS) is 16.4. The molecule has 0 N–H and O–H groups in total. The molecule has 1 aliphatic carbocycles. The average molecular weight is 369 g/mol. The third kappa shape index (κ3) is 2.92. The fraction of sp³-hybridized carbons (Fsp3) is 0.542. The van der Waals surface area contributed by atoms with E-state index in [0.29, 0.717) is 13.2 Å². The molecule has 0 aromatic heterocycles. The predicted octanol–water partition coefficient (Wildman–Crippen LogP) is 5.16. The van der Waals surface area contributed by atoms with Gasteiger partial charge in [0.1, 0.15) is 5.41 Å². The maximum absolute atomic E-state index is 13.5. The Balaban J connectivity index is 2.52. The maximum Gasteiger partial charge on any atom is 0.178 e. The molecule has 2 aromatic rings. The van der Waals surface area contributed by atoms with Gasteiger partial charge in [0.2, 0.25) is 0 Å². The molecular formula is C24H32O3. The number of hydrogen-bond acceptors (Lipinski definition) is 3. The fourth-order valence-corrected chi connectivity index (χ4v) is 4.65. The highest BCUT2D eigenvalue weighted by atomic mass is 16.5. The molecule has 3 heteroatoms. The number of carbonyl (C=O) groups excluding carboxylic acids is 1. The topological polar surface area (TPSA) is 35.5 Å². The molecule has 0 fully saturated rings. The first kappa shape index (κ1) is 20.0. The summed E-state index contributed by atoms with van der Waals surface area (Å²) in [5.74, 6) is 0.109. The molecule has 0 bridgehead atoms. The Labute approximate surface area is 163 Å². The Morgan fingerprint density at radius 1 is 0.926 bits per heavy atom.